The van der Waals surface area contributed by atoms with E-state index in [0.717, 1.165) is 17.7 Å². The van der Waals surface area contributed by atoms with Crippen LogP contribution in [0.2, 0.25) is 0 Å². The maximum Gasteiger partial charge on any atom is 0.239 e. The van der Waals surface area contributed by atoms with Crippen LogP contribution < -0.4 is 5.73 Å². The summed E-state index contributed by atoms with van der Waals surface area (Å²) in [5.74, 6) is 1.17. The van der Waals surface area contributed by atoms with Crippen molar-refractivity contribution in [1.82, 2.24) is 4.90 Å². The Kier molecular flexibility index (Phi) is 6.65. The van der Waals surface area contributed by atoms with Gasteiger partial charge in [0.1, 0.15) is 5.75 Å². The number of aromatic hydroxyl groups is 1. The Hall–Kier alpha value is -0.910. The van der Waals surface area contributed by atoms with E-state index >= 15 is 0 Å². The molecular formula is C14H21ClN2O2S. The van der Waals surface area contributed by atoms with Gasteiger partial charge >= 0.3 is 0 Å². The summed E-state index contributed by atoms with van der Waals surface area (Å²) in [5, 5.41) is 9.51. The molecule has 1 aromatic rings. The van der Waals surface area contributed by atoms with Crippen molar-refractivity contribution in [2.24, 2.45) is 5.73 Å². The zero-order valence-corrected chi connectivity index (χ0v) is 13.2. The minimum absolute atomic E-state index is 0. The van der Waals surface area contributed by atoms with Gasteiger partial charge in [-0.15, -0.1) is 12.4 Å². The van der Waals surface area contributed by atoms with E-state index in [-0.39, 0.29) is 24.1 Å². The Morgan fingerprint density at radius 3 is 2.95 bits per heavy atom. The molecule has 0 spiro atoms. The third-order valence-electron chi connectivity index (χ3n) is 3.46. The summed E-state index contributed by atoms with van der Waals surface area (Å²) < 4.78 is 0. The van der Waals surface area contributed by atoms with Crippen molar-refractivity contribution in [1.29, 1.82) is 0 Å². The Morgan fingerprint density at radius 1 is 1.50 bits per heavy atom. The lowest BCUT2D eigenvalue weighted by molar-refractivity contribution is -0.133. The molecule has 0 saturated carbocycles. The summed E-state index contributed by atoms with van der Waals surface area (Å²) >= 11 is 1.70. The van der Waals surface area contributed by atoms with Gasteiger partial charge in [0.25, 0.3) is 0 Å². The van der Waals surface area contributed by atoms with Crippen LogP contribution in [0.1, 0.15) is 17.5 Å². The highest BCUT2D eigenvalue weighted by Gasteiger charge is 2.24. The van der Waals surface area contributed by atoms with Gasteiger partial charge in [-0.3, -0.25) is 4.79 Å². The second kappa shape index (κ2) is 7.76. The second-order valence-corrected chi connectivity index (χ2v) is 5.84. The number of amides is 1. The summed E-state index contributed by atoms with van der Waals surface area (Å²) in [6, 6.07) is 4.95. The standard InChI is InChI=1S/C14H20N2O2S.ClH/c1-19-7-5-13(15)14(18)16-6-4-10-2-3-12(17)8-11(10)9-16;/h2-3,8,13,17H,4-7,9,15H2,1H3;1H/t13-;/m0./s1. The topological polar surface area (TPSA) is 66.6 Å². The summed E-state index contributed by atoms with van der Waals surface area (Å²) in [5.41, 5.74) is 8.16. The van der Waals surface area contributed by atoms with Crippen LogP contribution in [0.15, 0.2) is 18.2 Å². The van der Waals surface area contributed by atoms with E-state index in [2.05, 4.69) is 0 Å². The third kappa shape index (κ3) is 4.04. The summed E-state index contributed by atoms with van der Waals surface area (Å²) in [6.07, 6.45) is 3.55. The summed E-state index contributed by atoms with van der Waals surface area (Å²) in [4.78, 5) is 14.0. The molecule has 0 fully saturated rings. The van der Waals surface area contributed by atoms with Gasteiger partial charge in [0.15, 0.2) is 0 Å². The van der Waals surface area contributed by atoms with Gasteiger partial charge in [-0.25, -0.2) is 0 Å². The number of phenols is 1. The number of carbonyl (C=O) groups excluding carboxylic acids is 1. The molecule has 1 heterocycles. The average molecular weight is 317 g/mol. The van der Waals surface area contributed by atoms with E-state index in [4.69, 9.17) is 5.73 Å². The highest BCUT2D eigenvalue weighted by Crippen LogP contribution is 2.23. The fourth-order valence-electron chi connectivity index (χ4n) is 2.33. The zero-order valence-electron chi connectivity index (χ0n) is 11.5. The predicted molar refractivity (Wildman–Crippen MR) is 85.5 cm³/mol. The first-order chi connectivity index (χ1) is 9.11. The molecule has 0 aromatic heterocycles. The fraction of sp³-hybridized carbons (Fsp3) is 0.500. The molecule has 112 valence electrons. The SMILES string of the molecule is CSCC[C@H](N)C(=O)N1CCc2ccc(O)cc2C1.Cl. The lowest BCUT2D eigenvalue weighted by Crippen LogP contribution is -2.46. The number of benzene rings is 1. The first kappa shape index (κ1) is 17.1. The molecule has 2 rings (SSSR count). The Balaban J connectivity index is 0.00000200. The zero-order chi connectivity index (χ0) is 13.8. The van der Waals surface area contributed by atoms with Gasteiger partial charge in [0.2, 0.25) is 5.91 Å². The highest BCUT2D eigenvalue weighted by atomic mass is 35.5. The molecule has 0 radical (unpaired) electrons. The van der Waals surface area contributed by atoms with Crippen molar-refractivity contribution >= 4 is 30.1 Å². The first-order valence-electron chi connectivity index (χ1n) is 6.46. The van der Waals surface area contributed by atoms with Crippen LogP contribution in [-0.4, -0.2) is 40.5 Å². The number of carbonyl (C=O) groups is 1. The summed E-state index contributed by atoms with van der Waals surface area (Å²) in [6.45, 7) is 1.26. The number of halogens is 1. The van der Waals surface area contributed by atoms with Crippen molar-refractivity contribution in [2.45, 2.75) is 25.4 Å². The van der Waals surface area contributed by atoms with Crippen molar-refractivity contribution in [3.05, 3.63) is 29.3 Å². The van der Waals surface area contributed by atoms with Crippen molar-refractivity contribution in [3.63, 3.8) is 0 Å². The van der Waals surface area contributed by atoms with E-state index in [0.29, 0.717) is 19.5 Å². The van der Waals surface area contributed by atoms with Gasteiger partial charge in [0, 0.05) is 13.1 Å². The van der Waals surface area contributed by atoms with Crippen LogP contribution in [0, 0.1) is 0 Å². The van der Waals surface area contributed by atoms with Crippen LogP contribution in [0.5, 0.6) is 5.75 Å². The summed E-state index contributed by atoms with van der Waals surface area (Å²) in [7, 11) is 0. The van der Waals surface area contributed by atoms with Crippen molar-refractivity contribution in [2.75, 3.05) is 18.6 Å². The molecule has 3 N–H and O–H groups in total. The van der Waals surface area contributed by atoms with Crippen LogP contribution in [-0.2, 0) is 17.8 Å². The maximum absolute atomic E-state index is 12.2. The van der Waals surface area contributed by atoms with Crippen LogP contribution >= 0.6 is 24.2 Å². The van der Waals surface area contributed by atoms with Gasteiger partial charge < -0.3 is 15.7 Å². The Labute approximate surface area is 130 Å². The second-order valence-electron chi connectivity index (χ2n) is 4.85. The van der Waals surface area contributed by atoms with E-state index < -0.39 is 6.04 Å². The third-order valence-corrected chi connectivity index (χ3v) is 4.11. The molecular weight excluding hydrogens is 296 g/mol. The number of fused-ring (bicyclic) bond motifs is 1. The number of hydrogen-bond donors (Lipinski definition) is 2. The van der Waals surface area contributed by atoms with E-state index in [9.17, 15) is 9.90 Å². The van der Waals surface area contributed by atoms with Gasteiger partial charge in [-0.05, 0) is 48.1 Å². The minimum Gasteiger partial charge on any atom is -0.508 e. The number of nitrogens with two attached hydrogens (primary N) is 1. The van der Waals surface area contributed by atoms with Crippen molar-refractivity contribution in [3.8, 4) is 5.75 Å². The van der Waals surface area contributed by atoms with Crippen LogP contribution in [0.4, 0.5) is 0 Å². The van der Waals surface area contributed by atoms with Gasteiger partial charge in [-0.2, -0.15) is 11.8 Å². The molecule has 0 unspecified atom stereocenters. The molecule has 1 aliphatic heterocycles. The minimum atomic E-state index is -0.411. The number of rotatable bonds is 4. The van der Waals surface area contributed by atoms with Gasteiger partial charge in [0.05, 0.1) is 6.04 Å². The molecule has 0 bridgehead atoms. The highest BCUT2D eigenvalue weighted by molar-refractivity contribution is 7.98. The number of nitrogens with zero attached hydrogens (tertiary/aromatic N) is 1. The molecule has 20 heavy (non-hydrogen) atoms. The largest absolute Gasteiger partial charge is 0.508 e. The van der Waals surface area contributed by atoms with Crippen molar-refractivity contribution < 1.29 is 9.90 Å². The quantitative estimate of drug-likeness (QED) is 0.888. The number of hydrogen-bond acceptors (Lipinski definition) is 4. The molecule has 4 nitrogen and oxygen atoms in total. The fourth-order valence-corrected chi connectivity index (χ4v) is 2.82. The smallest absolute Gasteiger partial charge is 0.239 e. The van der Waals surface area contributed by atoms with Crippen LogP contribution in [0.25, 0.3) is 0 Å². The molecule has 0 saturated heterocycles. The predicted octanol–water partition coefficient (Wildman–Crippen LogP) is 1.78. The van der Waals surface area contributed by atoms with Gasteiger partial charge in [-0.1, -0.05) is 6.07 Å². The molecule has 6 heteroatoms. The number of thioether (sulfide) groups is 1. The lowest BCUT2D eigenvalue weighted by atomic mass is 9.99. The molecule has 1 atom stereocenters. The Bertz CT molecular complexity index is 470. The molecule has 1 aliphatic rings. The van der Waals surface area contributed by atoms with E-state index in [1.54, 1.807) is 28.8 Å². The number of phenolic OH excluding ortho intramolecular Hbond substituents is 1. The Morgan fingerprint density at radius 2 is 2.25 bits per heavy atom. The van der Waals surface area contributed by atoms with Crippen LogP contribution in [0.3, 0.4) is 0 Å². The lowest BCUT2D eigenvalue weighted by Gasteiger charge is -2.31. The average Bonchev–Trinajstić information content (AvgIpc) is 2.43. The maximum atomic E-state index is 12.2. The monoisotopic (exact) mass is 316 g/mol. The first-order valence-corrected chi connectivity index (χ1v) is 7.85. The van der Waals surface area contributed by atoms with E-state index in [1.807, 2.05) is 12.3 Å². The molecule has 1 amide bonds. The molecule has 1 aromatic carbocycles. The normalized spacial score (nSPS) is 15.2. The molecule has 0 aliphatic carbocycles. The van der Waals surface area contributed by atoms with E-state index in [1.165, 1.54) is 5.56 Å².